The number of nitrogens with one attached hydrogen (secondary N) is 1. The molecule has 0 aliphatic carbocycles. The predicted octanol–water partition coefficient (Wildman–Crippen LogP) is 0.783. The minimum atomic E-state index is -1.18. The van der Waals surface area contributed by atoms with E-state index in [0.717, 1.165) is 0 Å². The molecule has 0 aromatic carbocycles. The van der Waals surface area contributed by atoms with Crippen molar-refractivity contribution in [2.24, 2.45) is 5.92 Å². The van der Waals surface area contributed by atoms with Gasteiger partial charge in [0.25, 0.3) is 5.91 Å². The number of methoxy groups -OCH3 is 1. The maximum Gasteiger partial charge on any atom is 0.354 e. The third-order valence-corrected chi connectivity index (χ3v) is 4.31. The lowest BCUT2D eigenvalue weighted by Gasteiger charge is -2.37. The van der Waals surface area contributed by atoms with Crippen LogP contribution in [0.15, 0.2) is 18.2 Å². The van der Waals surface area contributed by atoms with Gasteiger partial charge in [0.15, 0.2) is 0 Å². The van der Waals surface area contributed by atoms with Crippen LogP contribution in [0.1, 0.15) is 40.7 Å². The summed E-state index contributed by atoms with van der Waals surface area (Å²) < 4.78 is 4.91. The van der Waals surface area contributed by atoms with E-state index >= 15 is 0 Å². The Kier molecular flexibility index (Phi) is 6.46. The Labute approximate surface area is 146 Å². The average Bonchev–Trinajstić information content (AvgIpc) is 2.61. The van der Waals surface area contributed by atoms with Crippen LogP contribution in [0, 0.1) is 5.92 Å². The van der Waals surface area contributed by atoms with Crippen LogP contribution >= 0.6 is 0 Å². The van der Waals surface area contributed by atoms with Crippen LogP contribution in [0.3, 0.4) is 0 Å². The maximum atomic E-state index is 12.7. The number of rotatable bonds is 6. The van der Waals surface area contributed by atoms with Crippen molar-refractivity contribution in [3.05, 3.63) is 29.6 Å². The number of nitrogens with zero attached hydrogens (tertiary/aromatic N) is 2. The minimum Gasteiger partial charge on any atom is -0.477 e. The van der Waals surface area contributed by atoms with E-state index in [1.54, 1.807) is 12.0 Å². The number of carboxylic acids is 1. The fourth-order valence-corrected chi connectivity index (χ4v) is 2.84. The molecule has 2 amide bonds. The molecular formula is C17H23N3O5. The summed E-state index contributed by atoms with van der Waals surface area (Å²) in [5, 5.41) is 11.8. The Bertz CT molecular complexity index is 649. The molecular weight excluding hydrogens is 326 g/mol. The molecule has 25 heavy (non-hydrogen) atoms. The normalized spacial score (nSPS) is 20.2. The number of likely N-dealkylation sites (tertiary alicyclic amines) is 1. The lowest BCUT2D eigenvalue weighted by atomic mass is 9.92. The molecule has 2 rings (SSSR count). The number of carboxylic acid groups (broad SMARTS) is 1. The van der Waals surface area contributed by atoms with E-state index in [2.05, 4.69) is 10.3 Å². The van der Waals surface area contributed by atoms with Crippen LogP contribution in [0.4, 0.5) is 0 Å². The van der Waals surface area contributed by atoms with Gasteiger partial charge < -0.3 is 20.1 Å². The Morgan fingerprint density at radius 3 is 2.72 bits per heavy atom. The average molecular weight is 349 g/mol. The molecule has 1 aliphatic heterocycles. The van der Waals surface area contributed by atoms with Gasteiger partial charge in [-0.3, -0.25) is 9.59 Å². The first-order valence-electron chi connectivity index (χ1n) is 8.22. The first kappa shape index (κ1) is 18.9. The van der Waals surface area contributed by atoms with E-state index in [0.29, 0.717) is 26.0 Å². The first-order valence-corrected chi connectivity index (χ1v) is 8.22. The molecule has 1 saturated heterocycles. The molecule has 2 unspecified atom stereocenters. The van der Waals surface area contributed by atoms with E-state index in [9.17, 15) is 14.4 Å². The third kappa shape index (κ3) is 4.76. The van der Waals surface area contributed by atoms with Crippen LogP contribution in [0.25, 0.3) is 0 Å². The Morgan fingerprint density at radius 1 is 1.32 bits per heavy atom. The number of hydrogen-bond acceptors (Lipinski definition) is 5. The zero-order valence-corrected chi connectivity index (χ0v) is 14.4. The summed E-state index contributed by atoms with van der Waals surface area (Å²) >= 11 is 0. The van der Waals surface area contributed by atoms with Crippen molar-refractivity contribution in [3.63, 3.8) is 0 Å². The van der Waals surface area contributed by atoms with Crippen LogP contribution in [0.2, 0.25) is 0 Å². The highest BCUT2D eigenvalue weighted by atomic mass is 16.5. The van der Waals surface area contributed by atoms with E-state index in [1.165, 1.54) is 18.2 Å². The van der Waals surface area contributed by atoms with Gasteiger partial charge in [-0.05, 0) is 31.9 Å². The number of carbonyl (C=O) groups is 3. The van der Waals surface area contributed by atoms with Crippen LogP contribution in [-0.4, -0.2) is 65.6 Å². The number of carbonyl (C=O) groups excluding carboxylic acids is 2. The fraction of sp³-hybridized carbons (Fsp3) is 0.529. The van der Waals surface area contributed by atoms with Crippen LogP contribution < -0.4 is 5.32 Å². The molecule has 2 atom stereocenters. The molecule has 1 aromatic rings. The van der Waals surface area contributed by atoms with Gasteiger partial charge in [0.1, 0.15) is 11.4 Å². The fourth-order valence-electron chi connectivity index (χ4n) is 2.84. The van der Waals surface area contributed by atoms with E-state index in [4.69, 9.17) is 9.84 Å². The summed E-state index contributed by atoms with van der Waals surface area (Å²) in [6.45, 7) is 3.07. The minimum absolute atomic E-state index is 0.0363. The van der Waals surface area contributed by atoms with Crippen molar-refractivity contribution in [3.8, 4) is 0 Å². The number of amides is 2. The van der Waals surface area contributed by atoms with Crippen molar-refractivity contribution in [2.75, 3.05) is 26.8 Å². The Balaban J connectivity index is 2.08. The number of ether oxygens (including phenoxy) is 1. The van der Waals surface area contributed by atoms with Crippen LogP contribution in [0.5, 0.6) is 0 Å². The summed E-state index contributed by atoms with van der Waals surface area (Å²) in [5.74, 6) is -1.93. The zero-order valence-electron chi connectivity index (χ0n) is 14.4. The Hall–Kier alpha value is -2.48. The van der Waals surface area contributed by atoms with Gasteiger partial charge in [-0.15, -0.1) is 0 Å². The highest BCUT2D eigenvalue weighted by Crippen LogP contribution is 2.23. The molecule has 0 radical (unpaired) electrons. The van der Waals surface area contributed by atoms with Gasteiger partial charge in [0.05, 0.1) is 12.5 Å². The van der Waals surface area contributed by atoms with Gasteiger partial charge in [-0.25, -0.2) is 9.78 Å². The van der Waals surface area contributed by atoms with E-state index < -0.39 is 5.97 Å². The molecule has 1 aromatic heterocycles. The van der Waals surface area contributed by atoms with Gasteiger partial charge >= 0.3 is 5.97 Å². The van der Waals surface area contributed by atoms with Gasteiger partial charge in [0.2, 0.25) is 5.91 Å². The molecule has 2 N–H and O–H groups in total. The van der Waals surface area contributed by atoms with Crippen molar-refractivity contribution in [1.82, 2.24) is 15.2 Å². The molecule has 0 spiro atoms. The van der Waals surface area contributed by atoms with Crippen molar-refractivity contribution < 1.29 is 24.2 Å². The van der Waals surface area contributed by atoms with E-state index in [1.807, 2.05) is 6.92 Å². The number of aromatic nitrogens is 1. The SMILES string of the molecule is COCCNC(=O)C1CCC(C)N(C(=O)c2cccc(C(=O)O)n2)C1. The molecule has 136 valence electrons. The molecule has 8 nitrogen and oxygen atoms in total. The molecule has 1 aliphatic rings. The second kappa shape index (κ2) is 8.57. The van der Waals surface area contributed by atoms with E-state index in [-0.39, 0.29) is 41.7 Å². The molecule has 0 bridgehead atoms. The second-order valence-electron chi connectivity index (χ2n) is 6.08. The second-order valence-corrected chi connectivity index (χ2v) is 6.08. The van der Waals surface area contributed by atoms with Crippen molar-refractivity contribution >= 4 is 17.8 Å². The summed E-state index contributed by atoms with van der Waals surface area (Å²) in [4.78, 5) is 41.5. The monoisotopic (exact) mass is 349 g/mol. The largest absolute Gasteiger partial charge is 0.477 e. The standard InChI is InChI=1S/C17H23N3O5/c1-11-6-7-12(15(21)18-8-9-25-2)10-20(11)16(22)13-4-3-5-14(19-13)17(23)24/h3-5,11-12H,6-10H2,1-2H3,(H,18,21)(H,23,24). The van der Waals surface area contributed by atoms with Gasteiger partial charge in [0, 0.05) is 26.2 Å². The Morgan fingerprint density at radius 2 is 2.04 bits per heavy atom. The number of aromatic carboxylic acids is 1. The summed E-state index contributed by atoms with van der Waals surface area (Å²) in [5.41, 5.74) is -0.100. The quantitative estimate of drug-likeness (QED) is 0.735. The number of pyridine rings is 1. The number of hydrogen-bond donors (Lipinski definition) is 2. The van der Waals surface area contributed by atoms with Gasteiger partial charge in [-0.2, -0.15) is 0 Å². The topological polar surface area (TPSA) is 109 Å². The van der Waals surface area contributed by atoms with Crippen LogP contribution in [-0.2, 0) is 9.53 Å². The molecule has 2 heterocycles. The summed E-state index contributed by atoms with van der Waals surface area (Å²) in [7, 11) is 1.56. The van der Waals surface area contributed by atoms with Gasteiger partial charge in [-0.1, -0.05) is 6.07 Å². The predicted molar refractivity (Wildman–Crippen MR) is 89.3 cm³/mol. The van der Waals surface area contributed by atoms with Crippen molar-refractivity contribution in [2.45, 2.75) is 25.8 Å². The van der Waals surface area contributed by atoms with Crippen molar-refractivity contribution in [1.29, 1.82) is 0 Å². The lowest BCUT2D eigenvalue weighted by molar-refractivity contribution is -0.126. The highest BCUT2D eigenvalue weighted by Gasteiger charge is 2.33. The third-order valence-electron chi connectivity index (χ3n) is 4.31. The zero-order chi connectivity index (χ0) is 18.4. The molecule has 1 fully saturated rings. The molecule has 0 saturated carbocycles. The summed E-state index contributed by atoms with van der Waals surface area (Å²) in [6.07, 6.45) is 1.40. The first-order chi connectivity index (χ1) is 11.9. The smallest absolute Gasteiger partial charge is 0.354 e. The summed E-state index contributed by atoms with van der Waals surface area (Å²) in [6, 6.07) is 4.28. The number of piperidine rings is 1. The highest BCUT2D eigenvalue weighted by molar-refractivity contribution is 5.94. The maximum absolute atomic E-state index is 12.7. The molecule has 8 heteroatoms. The lowest BCUT2D eigenvalue weighted by Crippen LogP contribution is -2.50.